The molecule has 8 heavy (non-hydrogen) atoms. The first-order valence-corrected chi connectivity index (χ1v) is 5.46. The second-order valence-corrected chi connectivity index (χ2v) is 4.12. The first-order chi connectivity index (χ1) is 3.91. The van der Waals surface area contributed by atoms with Crippen molar-refractivity contribution < 1.29 is 0 Å². The monoisotopic (exact) mass is 182 g/mol. The van der Waals surface area contributed by atoms with Gasteiger partial charge >= 0.3 is 0 Å². The molecule has 0 aliphatic rings. The Balaban J connectivity index is 2.71. The van der Waals surface area contributed by atoms with Gasteiger partial charge in [-0.2, -0.15) is 0 Å². The summed E-state index contributed by atoms with van der Waals surface area (Å²) in [7, 11) is 3.47. The van der Waals surface area contributed by atoms with Gasteiger partial charge in [0.1, 0.15) is 0 Å². The number of rotatable bonds is 5. The van der Waals surface area contributed by atoms with Gasteiger partial charge in [0.2, 0.25) is 0 Å². The molecule has 0 nitrogen and oxygen atoms in total. The van der Waals surface area contributed by atoms with Gasteiger partial charge < -0.3 is 0 Å². The summed E-state index contributed by atoms with van der Waals surface area (Å²) in [5.74, 6) is 1.87. The van der Waals surface area contributed by atoms with Gasteiger partial charge in [-0.1, -0.05) is 46.0 Å². The fourth-order valence-corrected chi connectivity index (χ4v) is 2.37. The second-order valence-electron chi connectivity index (χ2n) is 0.902. The zero-order chi connectivity index (χ0) is 6.24. The van der Waals surface area contributed by atoms with Crippen LogP contribution in [0.1, 0.15) is 0 Å². The van der Waals surface area contributed by atoms with Crippen molar-refractivity contribution in [2.75, 3.05) is 11.5 Å². The minimum atomic E-state index is 0.934. The van der Waals surface area contributed by atoms with Crippen molar-refractivity contribution in [2.45, 2.75) is 0 Å². The van der Waals surface area contributed by atoms with Gasteiger partial charge in [-0.05, 0) is 10.7 Å². The lowest BCUT2D eigenvalue weighted by Gasteiger charge is -1.87. The van der Waals surface area contributed by atoms with E-state index in [2.05, 4.69) is 24.4 Å². The molecule has 0 aromatic rings. The average molecular weight is 182 g/mol. The first-order valence-electron chi connectivity index (χ1n) is 2.03. The molecule has 0 saturated carbocycles. The largest absolute Gasteiger partial charge is 0.0925 e. The van der Waals surface area contributed by atoms with Crippen LogP contribution >= 0.6 is 46.0 Å². The summed E-state index contributed by atoms with van der Waals surface area (Å²) in [4.78, 5) is 0. The summed E-state index contributed by atoms with van der Waals surface area (Å²) in [6, 6.07) is 0. The average Bonchev–Trinajstić information content (AvgIpc) is 1.81. The molecule has 0 N–H and O–H groups in total. The minimum Gasteiger partial charge on any atom is -0.0925 e. The van der Waals surface area contributed by atoms with Crippen molar-refractivity contribution in [2.24, 2.45) is 0 Å². The van der Waals surface area contributed by atoms with E-state index in [0.29, 0.717) is 0 Å². The van der Waals surface area contributed by atoms with Crippen molar-refractivity contribution in [3.8, 4) is 0 Å². The zero-order valence-corrected chi connectivity index (χ0v) is 7.47. The Kier molecular flexibility index (Phi) is 8.75. The van der Waals surface area contributed by atoms with Crippen LogP contribution in [0.25, 0.3) is 0 Å². The Labute approximate surface area is 68.2 Å². The van der Waals surface area contributed by atoms with Gasteiger partial charge in [0.25, 0.3) is 0 Å². The molecule has 0 spiro atoms. The lowest BCUT2D eigenvalue weighted by molar-refractivity contribution is 2.16. The smallest absolute Gasteiger partial charge is 0.0322 e. The zero-order valence-electron chi connectivity index (χ0n) is 4.20. The summed E-state index contributed by atoms with van der Waals surface area (Å²) >= 11 is 9.21. The summed E-state index contributed by atoms with van der Waals surface area (Å²) in [5.41, 5.74) is 0. The van der Waals surface area contributed by atoms with Crippen LogP contribution in [0.2, 0.25) is 0 Å². The Morgan fingerprint density at radius 1 is 1.00 bits per heavy atom. The molecule has 0 rings (SSSR count). The van der Waals surface area contributed by atoms with E-state index in [4.69, 9.17) is 0 Å². The first kappa shape index (κ1) is 8.88. The molecule has 0 unspecified atom stereocenters. The van der Waals surface area contributed by atoms with Crippen LogP contribution in [0, 0.1) is 0 Å². The van der Waals surface area contributed by atoms with Crippen LogP contribution in [0.4, 0.5) is 0 Å². The van der Waals surface area contributed by atoms with Crippen molar-refractivity contribution >= 4 is 56.8 Å². The van der Waals surface area contributed by atoms with Gasteiger partial charge in [0, 0.05) is 11.5 Å². The molecule has 0 aromatic carbocycles. The van der Waals surface area contributed by atoms with Gasteiger partial charge in [-0.3, -0.25) is 0 Å². The normalized spacial score (nSPS) is 8.50. The molecular formula is C4H6S4. The topological polar surface area (TPSA) is 0 Å². The quantitative estimate of drug-likeness (QED) is 0.363. The maximum Gasteiger partial charge on any atom is 0.0322 e. The van der Waals surface area contributed by atoms with Crippen LogP contribution in [0.5, 0.6) is 0 Å². The predicted octanol–water partition coefficient (Wildman–Crippen LogP) is 2.37. The maximum absolute atomic E-state index is 4.61. The predicted molar refractivity (Wildman–Crippen MR) is 52.2 cm³/mol. The van der Waals surface area contributed by atoms with E-state index in [1.807, 2.05) is 0 Å². The third-order valence-electron chi connectivity index (χ3n) is 0.355. The molecule has 0 saturated heterocycles. The minimum absolute atomic E-state index is 0.934. The Bertz CT molecular complexity index is 60.4. The van der Waals surface area contributed by atoms with Crippen LogP contribution in [-0.2, 0) is 0 Å². The molecule has 46 valence electrons. The molecule has 0 fully saturated rings. The highest BCUT2D eigenvalue weighted by atomic mass is 33.1. The lowest BCUT2D eigenvalue weighted by atomic mass is 11.0. The highest BCUT2D eigenvalue weighted by Crippen LogP contribution is 2.18. The number of thiocarbonyl (C=S) groups is 2. The van der Waals surface area contributed by atoms with Crippen LogP contribution in [0.15, 0.2) is 0 Å². The highest BCUT2D eigenvalue weighted by Gasteiger charge is 1.81. The number of hydrogen-bond acceptors (Lipinski definition) is 4. The van der Waals surface area contributed by atoms with E-state index in [0.717, 1.165) is 11.5 Å². The molecule has 0 aromatic heterocycles. The highest BCUT2D eigenvalue weighted by molar-refractivity contribution is 8.77. The van der Waals surface area contributed by atoms with E-state index in [9.17, 15) is 0 Å². The van der Waals surface area contributed by atoms with Gasteiger partial charge in [-0.25, -0.2) is 0 Å². The molecule has 0 radical (unpaired) electrons. The second kappa shape index (κ2) is 7.88. The molecule has 0 atom stereocenters. The van der Waals surface area contributed by atoms with E-state index in [1.54, 1.807) is 32.3 Å². The summed E-state index contributed by atoms with van der Waals surface area (Å²) < 4.78 is 0. The SMILES string of the molecule is S=CCSSCC=S. The Morgan fingerprint density at radius 3 is 1.62 bits per heavy atom. The third-order valence-corrected chi connectivity index (χ3v) is 3.20. The van der Waals surface area contributed by atoms with Gasteiger partial charge in [0.05, 0.1) is 0 Å². The molecule has 4 heteroatoms. The Hall–Kier alpha value is 0.880. The van der Waals surface area contributed by atoms with Crippen molar-refractivity contribution in [3.63, 3.8) is 0 Å². The summed E-state index contributed by atoms with van der Waals surface area (Å²) in [6.07, 6.45) is 0. The molecule has 0 bridgehead atoms. The van der Waals surface area contributed by atoms with E-state index < -0.39 is 0 Å². The number of hydrogen-bond donors (Lipinski definition) is 0. The maximum atomic E-state index is 4.61. The van der Waals surface area contributed by atoms with Crippen molar-refractivity contribution in [3.05, 3.63) is 0 Å². The fourth-order valence-electron chi connectivity index (χ4n) is 0.152. The van der Waals surface area contributed by atoms with Gasteiger partial charge in [-0.15, -0.1) is 0 Å². The molecule has 0 aliphatic heterocycles. The van der Waals surface area contributed by atoms with Crippen molar-refractivity contribution in [1.29, 1.82) is 0 Å². The van der Waals surface area contributed by atoms with Crippen LogP contribution in [-0.4, -0.2) is 22.2 Å². The summed E-state index contributed by atoms with van der Waals surface area (Å²) in [6.45, 7) is 0. The van der Waals surface area contributed by atoms with Crippen molar-refractivity contribution in [1.82, 2.24) is 0 Å². The third kappa shape index (κ3) is 6.88. The molecule has 0 amide bonds. The fraction of sp³-hybridized carbons (Fsp3) is 0.500. The van der Waals surface area contributed by atoms with E-state index in [-0.39, 0.29) is 0 Å². The Morgan fingerprint density at radius 2 is 1.38 bits per heavy atom. The standard InChI is InChI=1S/C4H6S4/c5-1-3-7-8-4-2-6/h1-2H,3-4H2. The molecular weight excluding hydrogens is 176 g/mol. The van der Waals surface area contributed by atoms with Crippen LogP contribution in [0.3, 0.4) is 0 Å². The molecule has 0 heterocycles. The van der Waals surface area contributed by atoms with E-state index >= 15 is 0 Å². The summed E-state index contributed by atoms with van der Waals surface area (Å²) in [5, 5.41) is 3.45. The van der Waals surface area contributed by atoms with Crippen LogP contribution < -0.4 is 0 Å². The molecule has 0 aliphatic carbocycles. The lowest BCUT2D eigenvalue weighted by Crippen LogP contribution is -1.73. The van der Waals surface area contributed by atoms with Gasteiger partial charge in [0.15, 0.2) is 0 Å². The van der Waals surface area contributed by atoms with E-state index in [1.165, 1.54) is 0 Å².